The molecule has 0 amide bonds. The molecule has 0 aliphatic carbocycles. The largest absolute Gasteiger partial charge is 0.494 e. The summed E-state index contributed by atoms with van der Waals surface area (Å²) in [6.45, 7) is 2.22. The van der Waals surface area contributed by atoms with E-state index in [9.17, 15) is 0 Å². The van der Waals surface area contributed by atoms with Gasteiger partial charge in [-0.25, -0.2) is 0 Å². The molecule has 136 valence electrons. The predicted molar refractivity (Wildman–Crippen MR) is 109 cm³/mol. The Bertz CT molecular complexity index is 823. The second-order valence-electron chi connectivity index (χ2n) is 6.35. The third kappa shape index (κ3) is 2.96. The molecule has 0 radical (unpaired) electrons. The van der Waals surface area contributed by atoms with Crippen LogP contribution in [0.2, 0.25) is 10.0 Å². The van der Waals surface area contributed by atoms with Gasteiger partial charge in [-0.05, 0) is 36.2 Å². The van der Waals surface area contributed by atoms with Crippen molar-refractivity contribution in [3.8, 4) is 5.75 Å². The van der Waals surface area contributed by atoms with Crippen LogP contribution in [-0.2, 0) is 0 Å². The number of methoxy groups -OCH3 is 1. The van der Waals surface area contributed by atoms with Crippen LogP contribution in [0.3, 0.4) is 0 Å². The Morgan fingerprint density at radius 3 is 2.65 bits per heavy atom. The molecule has 2 aliphatic rings. The Labute approximate surface area is 167 Å². The Balaban J connectivity index is 1.82. The average Bonchev–Trinajstić information content (AvgIpc) is 3.21. The molecule has 3 heterocycles. The molecule has 4 rings (SSSR count). The fourth-order valence-electron chi connectivity index (χ4n) is 3.66. The Hall–Kier alpha value is -1.43. The Morgan fingerprint density at radius 2 is 2.04 bits per heavy atom. The van der Waals surface area contributed by atoms with Gasteiger partial charge in [0, 0.05) is 18.0 Å². The number of benzene rings is 1. The number of ether oxygens (including phenoxy) is 1. The normalized spacial score (nSPS) is 24.5. The summed E-state index contributed by atoms with van der Waals surface area (Å²) in [5.41, 5.74) is 1.99. The minimum Gasteiger partial charge on any atom is -0.494 e. The number of amidine groups is 1. The zero-order valence-electron chi connectivity index (χ0n) is 14.5. The molecule has 2 aromatic rings. The van der Waals surface area contributed by atoms with E-state index in [1.807, 2.05) is 48.3 Å². The van der Waals surface area contributed by atoms with Gasteiger partial charge in [-0.2, -0.15) is 0 Å². The summed E-state index contributed by atoms with van der Waals surface area (Å²) in [7, 11) is 1.57. The van der Waals surface area contributed by atoms with Crippen molar-refractivity contribution in [1.29, 1.82) is 0 Å². The van der Waals surface area contributed by atoms with Gasteiger partial charge in [-0.1, -0.05) is 48.0 Å². The number of pyridine rings is 1. The monoisotopic (exact) mass is 407 g/mol. The molecule has 1 fully saturated rings. The van der Waals surface area contributed by atoms with Crippen LogP contribution in [0.4, 0.5) is 0 Å². The van der Waals surface area contributed by atoms with Crippen LogP contribution in [0.5, 0.6) is 5.75 Å². The van der Waals surface area contributed by atoms with Gasteiger partial charge in [-0.3, -0.25) is 9.98 Å². The SMILES string of the molecule is CC[C@H]1CSC2=N[C@H](c3ccccn3)[C@@H](c3cc(Cl)c(OC)c(Cl)c3)N21. The third-order valence-electron chi connectivity index (χ3n) is 4.90. The molecular weight excluding hydrogens is 389 g/mol. The standard InChI is InChI=1S/C19H19Cl2N3OS/c1-3-12-10-26-19-23-16(15-6-4-5-7-22-15)17(24(12)19)11-8-13(20)18(25-2)14(21)9-11/h4-9,12,16-17H,3,10H2,1-2H3/t12-,16+,17+/m0/s1. The van der Waals surface area contributed by atoms with Crippen LogP contribution in [-0.4, -0.2) is 34.0 Å². The van der Waals surface area contributed by atoms with Gasteiger partial charge in [0.15, 0.2) is 10.9 Å². The van der Waals surface area contributed by atoms with Crippen molar-refractivity contribution in [2.75, 3.05) is 12.9 Å². The van der Waals surface area contributed by atoms with Gasteiger partial charge >= 0.3 is 0 Å². The molecule has 0 unspecified atom stereocenters. The number of hydrogen-bond donors (Lipinski definition) is 0. The third-order valence-corrected chi connectivity index (χ3v) is 6.58. The van der Waals surface area contributed by atoms with Crippen molar-refractivity contribution in [1.82, 2.24) is 9.88 Å². The summed E-state index contributed by atoms with van der Waals surface area (Å²) in [6.07, 6.45) is 2.88. The molecule has 3 atom stereocenters. The van der Waals surface area contributed by atoms with Crippen molar-refractivity contribution < 1.29 is 4.74 Å². The van der Waals surface area contributed by atoms with Crippen LogP contribution in [0.1, 0.15) is 36.7 Å². The molecule has 26 heavy (non-hydrogen) atoms. The molecule has 1 aromatic carbocycles. The lowest BCUT2D eigenvalue weighted by molar-refractivity contribution is 0.255. The second kappa shape index (κ2) is 7.29. The molecule has 0 N–H and O–H groups in total. The summed E-state index contributed by atoms with van der Waals surface area (Å²) >= 11 is 14.7. The van der Waals surface area contributed by atoms with Crippen LogP contribution in [0.25, 0.3) is 0 Å². The zero-order valence-corrected chi connectivity index (χ0v) is 16.9. The minimum absolute atomic E-state index is 0.0285. The minimum atomic E-state index is -0.0754. The van der Waals surface area contributed by atoms with E-state index in [1.54, 1.807) is 7.11 Å². The van der Waals surface area contributed by atoms with Crippen LogP contribution in [0, 0.1) is 0 Å². The highest BCUT2D eigenvalue weighted by atomic mass is 35.5. The number of rotatable bonds is 4. The lowest BCUT2D eigenvalue weighted by Crippen LogP contribution is -2.35. The summed E-state index contributed by atoms with van der Waals surface area (Å²) in [5.74, 6) is 1.56. The molecule has 0 saturated carbocycles. The Morgan fingerprint density at radius 1 is 1.27 bits per heavy atom. The van der Waals surface area contributed by atoms with Crippen molar-refractivity contribution in [2.45, 2.75) is 31.5 Å². The number of halogens is 2. The molecule has 7 heteroatoms. The molecule has 0 spiro atoms. The first kappa shape index (κ1) is 18.0. The lowest BCUT2D eigenvalue weighted by atomic mass is 9.95. The van der Waals surface area contributed by atoms with E-state index < -0.39 is 0 Å². The van der Waals surface area contributed by atoms with Crippen molar-refractivity contribution in [3.63, 3.8) is 0 Å². The van der Waals surface area contributed by atoms with Gasteiger partial charge in [0.25, 0.3) is 0 Å². The van der Waals surface area contributed by atoms with Crippen LogP contribution < -0.4 is 4.74 Å². The van der Waals surface area contributed by atoms with Gasteiger partial charge in [0.1, 0.15) is 6.04 Å². The van der Waals surface area contributed by atoms with E-state index in [-0.39, 0.29) is 12.1 Å². The zero-order chi connectivity index (χ0) is 18.3. The number of thioether (sulfide) groups is 1. The van der Waals surface area contributed by atoms with E-state index in [1.165, 1.54) is 0 Å². The van der Waals surface area contributed by atoms with Gasteiger partial charge in [-0.15, -0.1) is 0 Å². The predicted octanol–water partition coefficient (Wildman–Crippen LogP) is 5.38. The average molecular weight is 408 g/mol. The van der Waals surface area contributed by atoms with Crippen molar-refractivity contribution in [2.24, 2.45) is 4.99 Å². The van der Waals surface area contributed by atoms with E-state index in [4.69, 9.17) is 32.9 Å². The second-order valence-corrected chi connectivity index (χ2v) is 8.16. The highest BCUT2D eigenvalue weighted by molar-refractivity contribution is 8.14. The maximum absolute atomic E-state index is 6.43. The summed E-state index contributed by atoms with van der Waals surface area (Å²) in [6, 6.07) is 10.2. The molecule has 1 saturated heterocycles. The highest BCUT2D eigenvalue weighted by Crippen LogP contribution is 2.50. The number of nitrogens with zero attached hydrogens (tertiary/aromatic N) is 3. The summed E-state index contributed by atoms with van der Waals surface area (Å²) in [5, 5.41) is 2.12. The molecule has 1 aromatic heterocycles. The fraction of sp³-hybridized carbons (Fsp3) is 0.368. The van der Waals surface area contributed by atoms with Crippen LogP contribution in [0.15, 0.2) is 41.5 Å². The van der Waals surface area contributed by atoms with Gasteiger partial charge in [0.05, 0.1) is 28.9 Å². The molecule has 2 aliphatic heterocycles. The summed E-state index contributed by atoms with van der Waals surface area (Å²) < 4.78 is 5.31. The van der Waals surface area contributed by atoms with Crippen LogP contribution >= 0.6 is 35.0 Å². The van der Waals surface area contributed by atoms with Gasteiger partial charge < -0.3 is 9.64 Å². The number of fused-ring (bicyclic) bond motifs is 1. The van der Waals surface area contributed by atoms with Gasteiger partial charge in [0.2, 0.25) is 0 Å². The van der Waals surface area contributed by atoms with Crippen molar-refractivity contribution in [3.05, 3.63) is 57.8 Å². The van der Waals surface area contributed by atoms with E-state index >= 15 is 0 Å². The number of aliphatic imine (C=N–C) groups is 1. The first-order valence-corrected chi connectivity index (χ1v) is 10.3. The van der Waals surface area contributed by atoms with E-state index in [0.717, 1.165) is 28.6 Å². The van der Waals surface area contributed by atoms with E-state index in [0.29, 0.717) is 21.8 Å². The number of aromatic nitrogens is 1. The topological polar surface area (TPSA) is 37.7 Å². The molecule has 4 nitrogen and oxygen atoms in total. The Kier molecular flexibility index (Phi) is 5.04. The fourth-order valence-corrected chi connectivity index (χ4v) is 5.65. The first-order valence-electron chi connectivity index (χ1n) is 8.56. The maximum atomic E-state index is 6.43. The first-order chi connectivity index (χ1) is 12.6. The quantitative estimate of drug-likeness (QED) is 0.681. The lowest BCUT2D eigenvalue weighted by Gasteiger charge is -2.32. The molecule has 0 bridgehead atoms. The maximum Gasteiger partial charge on any atom is 0.160 e. The highest BCUT2D eigenvalue weighted by Gasteiger charge is 2.45. The smallest absolute Gasteiger partial charge is 0.160 e. The summed E-state index contributed by atoms with van der Waals surface area (Å²) in [4.78, 5) is 12.0. The van der Waals surface area contributed by atoms with E-state index in [2.05, 4.69) is 16.8 Å². The van der Waals surface area contributed by atoms with Crippen molar-refractivity contribution >= 4 is 40.1 Å². The molecular formula is C19H19Cl2N3OS. The number of hydrogen-bond acceptors (Lipinski definition) is 5.